The molecule has 2 aromatic carbocycles. The number of sulfonamides is 1. The fourth-order valence-electron chi connectivity index (χ4n) is 4.23. The van der Waals surface area contributed by atoms with E-state index in [2.05, 4.69) is 17.4 Å². The summed E-state index contributed by atoms with van der Waals surface area (Å²) in [5.41, 5.74) is 3.88. The highest BCUT2D eigenvalue weighted by molar-refractivity contribution is 7.89. The largest absolute Gasteiger partial charge is 0.376 e. The van der Waals surface area contributed by atoms with Gasteiger partial charge in [-0.1, -0.05) is 36.8 Å². The molecule has 0 aromatic heterocycles. The Morgan fingerprint density at radius 1 is 1.00 bits per heavy atom. The van der Waals surface area contributed by atoms with E-state index in [0.717, 1.165) is 31.2 Å². The number of benzene rings is 2. The number of aryl methyl sites for hydroxylation is 1. The summed E-state index contributed by atoms with van der Waals surface area (Å²) < 4.78 is 27.8. The van der Waals surface area contributed by atoms with Gasteiger partial charge in [-0.05, 0) is 55.0 Å². The maximum Gasteiger partial charge on any atom is 0.243 e. The highest BCUT2D eigenvalue weighted by Crippen LogP contribution is 2.26. The Bertz CT molecular complexity index is 1030. The van der Waals surface area contributed by atoms with E-state index in [1.165, 1.54) is 11.1 Å². The van der Waals surface area contributed by atoms with Crippen LogP contribution in [0.1, 0.15) is 36.0 Å². The van der Waals surface area contributed by atoms with Crippen molar-refractivity contribution in [2.75, 3.05) is 31.5 Å². The Kier molecular flexibility index (Phi) is 6.11. The first kappa shape index (κ1) is 20.9. The summed E-state index contributed by atoms with van der Waals surface area (Å²) in [6.45, 7) is 4.45. The van der Waals surface area contributed by atoms with Gasteiger partial charge in [-0.25, -0.2) is 8.42 Å². The molecule has 2 aliphatic heterocycles. The average Bonchev–Trinajstić information content (AvgIpc) is 2.78. The molecule has 0 atom stereocenters. The van der Waals surface area contributed by atoms with E-state index in [9.17, 15) is 13.2 Å². The molecule has 0 radical (unpaired) electrons. The molecule has 1 fully saturated rings. The fourth-order valence-corrected chi connectivity index (χ4v) is 6.00. The molecule has 7 heteroatoms. The maximum absolute atomic E-state index is 13.1. The first-order valence-electron chi connectivity index (χ1n) is 10.6. The molecule has 2 aliphatic rings. The maximum atomic E-state index is 13.1. The molecule has 0 aliphatic carbocycles. The van der Waals surface area contributed by atoms with E-state index >= 15 is 0 Å². The number of hydrogen-bond donors (Lipinski definition) is 1. The molecule has 0 spiro atoms. The van der Waals surface area contributed by atoms with Gasteiger partial charge >= 0.3 is 0 Å². The van der Waals surface area contributed by atoms with Crippen molar-refractivity contribution in [3.63, 3.8) is 0 Å². The minimum Gasteiger partial charge on any atom is -0.376 e. The summed E-state index contributed by atoms with van der Waals surface area (Å²) >= 11 is 0. The number of hydrogen-bond acceptors (Lipinski definition) is 4. The van der Waals surface area contributed by atoms with Gasteiger partial charge in [-0.2, -0.15) is 4.31 Å². The third kappa shape index (κ3) is 4.37. The van der Waals surface area contributed by atoms with Crippen LogP contribution in [0.4, 0.5) is 5.69 Å². The van der Waals surface area contributed by atoms with Crippen LogP contribution in [0.15, 0.2) is 47.4 Å². The number of nitrogens with zero attached hydrogens (tertiary/aromatic N) is 2. The third-order valence-electron chi connectivity index (χ3n) is 6.05. The molecule has 4 rings (SSSR count). The number of rotatable bonds is 5. The Balaban J connectivity index is 1.43. The van der Waals surface area contributed by atoms with Gasteiger partial charge in [-0.15, -0.1) is 0 Å². The van der Waals surface area contributed by atoms with E-state index in [4.69, 9.17) is 0 Å². The van der Waals surface area contributed by atoms with Gasteiger partial charge in [0.25, 0.3) is 0 Å². The molecule has 2 heterocycles. The predicted molar refractivity (Wildman–Crippen MR) is 118 cm³/mol. The lowest BCUT2D eigenvalue weighted by Gasteiger charge is -2.29. The van der Waals surface area contributed by atoms with Gasteiger partial charge in [0.2, 0.25) is 15.9 Å². The number of fused-ring (bicyclic) bond motifs is 1. The summed E-state index contributed by atoms with van der Waals surface area (Å²) in [7, 11) is -3.51. The second-order valence-corrected chi connectivity index (χ2v) is 10.0. The topological polar surface area (TPSA) is 69.7 Å². The highest BCUT2D eigenvalue weighted by atomic mass is 32.2. The molecular formula is C23H29N3O3S. The molecule has 0 unspecified atom stereocenters. The molecule has 6 nitrogen and oxygen atoms in total. The molecule has 0 saturated carbocycles. The molecule has 1 N–H and O–H groups in total. The average molecular weight is 428 g/mol. The van der Waals surface area contributed by atoms with E-state index < -0.39 is 10.0 Å². The second kappa shape index (κ2) is 8.78. The molecule has 1 saturated heterocycles. The number of carbonyl (C=O) groups excluding carboxylic acids is 1. The minimum absolute atomic E-state index is 0.0190. The van der Waals surface area contributed by atoms with Crippen LogP contribution in [0, 0.1) is 6.92 Å². The third-order valence-corrected chi connectivity index (χ3v) is 8.09. The standard InChI is InChI=1S/C23H29N3O3S/c1-18-9-10-21(15-22(18)30(28,29)26-12-5-2-6-13-26)24-16-23(27)25-14-11-19-7-3-4-8-20(19)17-25/h3-4,7-10,15,24H,2,5-6,11-14,16-17H2,1H3. The fraction of sp³-hybridized carbons (Fsp3) is 0.435. The second-order valence-electron chi connectivity index (χ2n) is 8.13. The zero-order valence-corrected chi connectivity index (χ0v) is 18.2. The van der Waals surface area contributed by atoms with Crippen LogP contribution in [0.5, 0.6) is 0 Å². The quantitative estimate of drug-likeness (QED) is 0.796. The van der Waals surface area contributed by atoms with Gasteiger partial charge in [0.05, 0.1) is 11.4 Å². The van der Waals surface area contributed by atoms with Crippen LogP contribution < -0.4 is 5.32 Å². The monoisotopic (exact) mass is 427 g/mol. The van der Waals surface area contributed by atoms with Gasteiger partial charge in [0, 0.05) is 31.9 Å². The predicted octanol–water partition coefficient (Wildman–Crippen LogP) is 3.17. The van der Waals surface area contributed by atoms with Crippen molar-refractivity contribution in [3.8, 4) is 0 Å². The summed E-state index contributed by atoms with van der Waals surface area (Å²) in [6.07, 6.45) is 3.76. The van der Waals surface area contributed by atoms with Gasteiger partial charge in [0.15, 0.2) is 0 Å². The molecular weight excluding hydrogens is 398 g/mol. The summed E-state index contributed by atoms with van der Waals surface area (Å²) in [6, 6.07) is 13.5. The normalized spacial score (nSPS) is 17.4. The molecule has 2 aromatic rings. The first-order valence-corrected chi connectivity index (χ1v) is 12.1. The van der Waals surface area contributed by atoms with Crippen molar-refractivity contribution in [1.29, 1.82) is 0 Å². The number of nitrogens with one attached hydrogen (secondary N) is 1. The van der Waals surface area contributed by atoms with Crippen molar-refractivity contribution in [2.45, 2.75) is 44.0 Å². The van der Waals surface area contributed by atoms with Crippen LogP contribution in [0.3, 0.4) is 0 Å². The molecule has 1 amide bonds. The van der Waals surface area contributed by atoms with Crippen molar-refractivity contribution in [1.82, 2.24) is 9.21 Å². The molecule has 0 bridgehead atoms. The van der Waals surface area contributed by atoms with E-state index in [1.54, 1.807) is 16.4 Å². The molecule has 30 heavy (non-hydrogen) atoms. The summed E-state index contributed by atoms with van der Waals surface area (Å²) in [5, 5.41) is 3.13. The number of anilines is 1. The first-order chi connectivity index (χ1) is 14.4. The molecule has 160 valence electrons. The van der Waals surface area contributed by atoms with Crippen molar-refractivity contribution >= 4 is 21.6 Å². The number of amides is 1. The van der Waals surface area contributed by atoms with Crippen LogP contribution >= 0.6 is 0 Å². The summed E-state index contributed by atoms with van der Waals surface area (Å²) in [4.78, 5) is 14.9. The lowest BCUT2D eigenvalue weighted by molar-refractivity contribution is -0.130. The van der Waals surface area contributed by atoms with Crippen molar-refractivity contribution < 1.29 is 13.2 Å². The van der Waals surface area contributed by atoms with Crippen LogP contribution in [0.25, 0.3) is 0 Å². The van der Waals surface area contributed by atoms with Crippen molar-refractivity contribution in [3.05, 3.63) is 59.2 Å². The van der Waals surface area contributed by atoms with Crippen LogP contribution in [-0.4, -0.2) is 49.7 Å². The smallest absolute Gasteiger partial charge is 0.243 e. The van der Waals surface area contributed by atoms with E-state index in [-0.39, 0.29) is 12.5 Å². The Hall–Kier alpha value is -2.38. The number of piperidine rings is 1. The zero-order valence-electron chi connectivity index (χ0n) is 17.4. The van der Waals surface area contributed by atoms with E-state index in [1.807, 2.05) is 30.0 Å². The van der Waals surface area contributed by atoms with Crippen LogP contribution in [0.2, 0.25) is 0 Å². The van der Waals surface area contributed by atoms with Crippen LogP contribution in [-0.2, 0) is 27.8 Å². The SMILES string of the molecule is Cc1ccc(NCC(=O)N2CCc3ccccc3C2)cc1S(=O)(=O)N1CCCCC1. The van der Waals surface area contributed by atoms with Crippen molar-refractivity contribution in [2.24, 2.45) is 0 Å². The summed E-state index contributed by atoms with van der Waals surface area (Å²) in [5.74, 6) is 0.0190. The zero-order chi connectivity index (χ0) is 21.1. The Morgan fingerprint density at radius 3 is 2.50 bits per heavy atom. The highest BCUT2D eigenvalue weighted by Gasteiger charge is 2.27. The minimum atomic E-state index is -3.51. The lowest BCUT2D eigenvalue weighted by Crippen LogP contribution is -2.39. The van der Waals surface area contributed by atoms with Gasteiger partial charge < -0.3 is 10.2 Å². The Morgan fingerprint density at radius 2 is 1.73 bits per heavy atom. The lowest BCUT2D eigenvalue weighted by atomic mass is 10.00. The van der Waals surface area contributed by atoms with Gasteiger partial charge in [-0.3, -0.25) is 4.79 Å². The number of carbonyl (C=O) groups is 1. The van der Waals surface area contributed by atoms with E-state index in [0.29, 0.717) is 36.8 Å². The van der Waals surface area contributed by atoms with Gasteiger partial charge in [0.1, 0.15) is 0 Å². The Labute approximate surface area is 178 Å².